The summed E-state index contributed by atoms with van der Waals surface area (Å²) in [5.41, 5.74) is 0. The Bertz CT molecular complexity index is 213. The number of nitrogens with zero attached hydrogens (tertiary/aromatic N) is 1. The molecule has 0 atom stereocenters. The minimum Gasteiger partial charge on any atom is -0.344 e. The summed E-state index contributed by atoms with van der Waals surface area (Å²) in [6, 6.07) is 0. The molecule has 1 aliphatic heterocycles. The van der Waals surface area contributed by atoms with Crippen LogP contribution in [0.3, 0.4) is 0 Å². The molecule has 0 aromatic heterocycles. The fourth-order valence-corrected chi connectivity index (χ4v) is 1.17. The quantitative estimate of drug-likeness (QED) is 0.250. The summed E-state index contributed by atoms with van der Waals surface area (Å²) >= 11 is 2.96. The van der Waals surface area contributed by atoms with E-state index in [2.05, 4.69) is 22.5 Å². The molecule has 0 spiro atoms. The van der Waals surface area contributed by atoms with Crippen LogP contribution in [0.4, 0.5) is 0 Å². The van der Waals surface area contributed by atoms with Crippen molar-refractivity contribution in [2.75, 3.05) is 13.2 Å². The van der Waals surface area contributed by atoms with Gasteiger partial charge in [0.05, 0.1) is 0 Å². The van der Waals surface area contributed by atoms with Crippen molar-refractivity contribution < 1.29 is 14.4 Å². The van der Waals surface area contributed by atoms with Crippen LogP contribution in [0.15, 0.2) is 12.7 Å². The zero-order valence-electron chi connectivity index (χ0n) is 6.94. The molecule has 6 heteroatoms. The average Bonchev–Trinajstić information content (AvgIpc) is 2.09. The van der Waals surface area contributed by atoms with Crippen LogP contribution < -0.4 is 0 Å². The number of alkyl halides is 1. The van der Waals surface area contributed by atoms with Crippen LogP contribution >= 0.6 is 15.9 Å². The molecular formula is C7H10BrNO4. The van der Waals surface area contributed by atoms with Gasteiger partial charge in [-0.1, -0.05) is 6.08 Å². The van der Waals surface area contributed by atoms with Crippen molar-refractivity contribution in [2.24, 2.45) is 0 Å². The smallest absolute Gasteiger partial charge is 0.320 e. The topological polar surface area (TPSA) is 61.6 Å². The van der Waals surface area contributed by atoms with Crippen molar-refractivity contribution >= 4 is 15.9 Å². The van der Waals surface area contributed by atoms with Crippen molar-refractivity contribution in [1.82, 2.24) is 0 Å². The minimum absolute atomic E-state index is 0.0124. The van der Waals surface area contributed by atoms with Gasteiger partial charge in [-0.05, 0) is 0 Å². The van der Waals surface area contributed by atoms with Gasteiger partial charge in [0.25, 0.3) is 0 Å². The van der Waals surface area contributed by atoms with Gasteiger partial charge in [-0.3, -0.25) is 10.1 Å². The highest BCUT2D eigenvalue weighted by Gasteiger charge is 2.45. The summed E-state index contributed by atoms with van der Waals surface area (Å²) in [5.74, 6) is 0. The predicted octanol–water partition coefficient (Wildman–Crippen LogP) is 1.30. The number of nitro groups is 1. The number of halogens is 1. The Morgan fingerprint density at radius 3 is 2.62 bits per heavy atom. The molecule has 0 aliphatic carbocycles. The van der Waals surface area contributed by atoms with Gasteiger partial charge in [0.2, 0.25) is 0 Å². The lowest BCUT2D eigenvalue weighted by molar-refractivity contribution is -0.556. The molecule has 0 unspecified atom stereocenters. The standard InChI is InChI=1S/C7H10BrNO4/c1-2-3-6-12-4-7(8,5-13-6)9(10)11/h2,6H,1,3-5H2. The molecule has 0 aromatic carbocycles. The van der Waals surface area contributed by atoms with Gasteiger partial charge < -0.3 is 9.47 Å². The summed E-state index contributed by atoms with van der Waals surface area (Å²) in [4.78, 5) is 10.1. The molecule has 0 radical (unpaired) electrons. The second-order valence-corrected chi connectivity index (χ2v) is 4.23. The predicted molar refractivity (Wildman–Crippen MR) is 49.2 cm³/mol. The van der Waals surface area contributed by atoms with E-state index in [1.807, 2.05) is 0 Å². The number of rotatable bonds is 3. The van der Waals surface area contributed by atoms with Crippen molar-refractivity contribution in [1.29, 1.82) is 0 Å². The SMILES string of the molecule is C=CCC1OCC(Br)([N+](=O)[O-])CO1. The molecule has 74 valence electrons. The highest BCUT2D eigenvalue weighted by Crippen LogP contribution is 2.26. The summed E-state index contributed by atoms with van der Waals surface area (Å²) < 4.78 is 8.94. The maximum absolute atomic E-state index is 10.5. The highest BCUT2D eigenvalue weighted by atomic mass is 79.9. The number of ether oxygens (including phenoxy) is 2. The van der Waals surface area contributed by atoms with E-state index in [-0.39, 0.29) is 13.2 Å². The summed E-state index contributed by atoms with van der Waals surface area (Å²) in [7, 11) is 0. The Kier molecular flexibility index (Phi) is 3.40. The molecule has 1 heterocycles. The van der Waals surface area contributed by atoms with E-state index < -0.39 is 15.7 Å². The molecule has 5 nitrogen and oxygen atoms in total. The van der Waals surface area contributed by atoms with Gasteiger partial charge in [-0.2, -0.15) is 0 Å². The third-order valence-corrected chi connectivity index (χ3v) is 2.41. The van der Waals surface area contributed by atoms with E-state index in [0.717, 1.165) is 0 Å². The normalized spacial score (nSPS) is 34.1. The van der Waals surface area contributed by atoms with Crippen LogP contribution in [0.1, 0.15) is 6.42 Å². The molecule has 0 saturated carbocycles. The fourth-order valence-electron chi connectivity index (χ4n) is 0.909. The molecule has 0 amide bonds. The Morgan fingerprint density at radius 1 is 1.69 bits per heavy atom. The van der Waals surface area contributed by atoms with Crippen LogP contribution in [-0.2, 0) is 9.47 Å². The zero-order chi connectivity index (χ0) is 9.90. The van der Waals surface area contributed by atoms with Crippen molar-refractivity contribution in [2.45, 2.75) is 17.2 Å². The molecule has 0 bridgehead atoms. The molecule has 0 aromatic rings. The van der Waals surface area contributed by atoms with Crippen molar-refractivity contribution in [3.05, 3.63) is 22.8 Å². The Morgan fingerprint density at radius 2 is 2.23 bits per heavy atom. The monoisotopic (exact) mass is 251 g/mol. The Hall–Kier alpha value is -0.460. The molecule has 13 heavy (non-hydrogen) atoms. The Labute approximate surface area is 84.0 Å². The van der Waals surface area contributed by atoms with E-state index in [1.54, 1.807) is 6.08 Å². The third-order valence-electron chi connectivity index (χ3n) is 1.67. The van der Waals surface area contributed by atoms with E-state index >= 15 is 0 Å². The first-order valence-electron chi connectivity index (χ1n) is 3.76. The van der Waals surface area contributed by atoms with Gasteiger partial charge in [0.1, 0.15) is 13.2 Å². The van der Waals surface area contributed by atoms with Gasteiger partial charge in [-0.15, -0.1) is 6.58 Å². The number of hydrogen-bond acceptors (Lipinski definition) is 4. The Balaban J connectivity index is 2.46. The van der Waals surface area contributed by atoms with Crippen LogP contribution in [0, 0.1) is 10.1 Å². The first kappa shape index (κ1) is 10.6. The van der Waals surface area contributed by atoms with Crippen LogP contribution in [0.2, 0.25) is 0 Å². The molecule has 1 fully saturated rings. The second-order valence-electron chi connectivity index (χ2n) is 2.75. The van der Waals surface area contributed by atoms with E-state index in [9.17, 15) is 10.1 Å². The van der Waals surface area contributed by atoms with Crippen molar-refractivity contribution in [3.63, 3.8) is 0 Å². The third kappa shape index (κ3) is 2.49. The summed E-state index contributed by atoms with van der Waals surface area (Å²) in [6.07, 6.45) is 1.79. The zero-order valence-corrected chi connectivity index (χ0v) is 8.53. The van der Waals surface area contributed by atoms with Gasteiger partial charge in [-0.25, -0.2) is 0 Å². The van der Waals surface area contributed by atoms with E-state index in [0.29, 0.717) is 6.42 Å². The lowest BCUT2D eigenvalue weighted by Crippen LogP contribution is -2.48. The highest BCUT2D eigenvalue weighted by molar-refractivity contribution is 9.10. The van der Waals surface area contributed by atoms with Crippen LogP contribution in [0.25, 0.3) is 0 Å². The van der Waals surface area contributed by atoms with E-state index in [1.165, 1.54) is 0 Å². The van der Waals surface area contributed by atoms with Crippen molar-refractivity contribution in [3.8, 4) is 0 Å². The minimum atomic E-state index is -1.29. The second kappa shape index (κ2) is 4.17. The summed E-state index contributed by atoms with van der Waals surface area (Å²) in [6.45, 7) is 3.55. The van der Waals surface area contributed by atoms with Crippen LogP contribution in [0.5, 0.6) is 0 Å². The maximum Gasteiger partial charge on any atom is 0.320 e. The maximum atomic E-state index is 10.5. The van der Waals surface area contributed by atoms with Crippen LogP contribution in [-0.4, -0.2) is 28.9 Å². The van der Waals surface area contributed by atoms with Gasteiger partial charge in [0.15, 0.2) is 6.29 Å². The van der Waals surface area contributed by atoms with Gasteiger partial charge in [0, 0.05) is 27.3 Å². The first-order valence-corrected chi connectivity index (χ1v) is 4.55. The molecule has 0 N–H and O–H groups in total. The lowest BCUT2D eigenvalue weighted by Gasteiger charge is -2.29. The first-order chi connectivity index (χ1) is 6.08. The molecule has 1 aliphatic rings. The summed E-state index contributed by atoms with van der Waals surface area (Å²) in [5, 5.41) is 10.5. The lowest BCUT2D eigenvalue weighted by atomic mass is 10.3. The average molecular weight is 252 g/mol. The largest absolute Gasteiger partial charge is 0.344 e. The molecular weight excluding hydrogens is 242 g/mol. The molecule has 1 rings (SSSR count). The number of hydrogen-bond donors (Lipinski definition) is 0. The fraction of sp³-hybridized carbons (Fsp3) is 0.714. The van der Waals surface area contributed by atoms with Gasteiger partial charge >= 0.3 is 4.45 Å². The van der Waals surface area contributed by atoms with E-state index in [4.69, 9.17) is 9.47 Å². The molecule has 1 saturated heterocycles.